The van der Waals surface area contributed by atoms with Gasteiger partial charge in [0.05, 0.1) is 11.4 Å². The average Bonchev–Trinajstić information content (AvgIpc) is 3.01. The SMILES string of the molecule is CCCN(CC(=O)O)C(=O)c1nnn(-c2ccc3c(c2)OCCO3)c1C. The van der Waals surface area contributed by atoms with Crippen molar-refractivity contribution in [2.75, 3.05) is 26.3 Å². The highest BCUT2D eigenvalue weighted by molar-refractivity contribution is 5.95. The number of hydrogen-bond acceptors (Lipinski definition) is 6. The van der Waals surface area contributed by atoms with Crippen molar-refractivity contribution >= 4 is 11.9 Å². The molecule has 1 aliphatic rings. The van der Waals surface area contributed by atoms with Crippen molar-refractivity contribution in [3.8, 4) is 17.2 Å². The van der Waals surface area contributed by atoms with E-state index >= 15 is 0 Å². The molecular formula is C17H20N4O5. The summed E-state index contributed by atoms with van der Waals surface area (Å²) in [7, 11) is 0. The molecule has 0 saturated heterocycles. The van der Waals surface area contributed by atoms with Crippen LogP contribution in [0.25, 0.3) is 5.69 Å². The van der Waals surface area contributed by atoms with E-state index in [2.05, 4.69) is 10.3 Å². The van der Waals surface area contributed by atoms with E-state index < -0.39 is 11.9 Å². The number of fused-ring (bicyclic) bond motifs is 1. The van der Waals surface area contributed by atoms with Gasteiger partial charge in [0, 0.05) is 12.6 Å². The second-order valence-corrected chi connectivity index (χ2v) is 5.88. The van der Waals surface area contributed by atoms with Crippen LogP contribution in [0.1, 0.15) is 29.5 Å². The summed E-state index contributed by atoms with van der Waals surface area (Å²) in [6.07, 6.45) is 0.647. The van der Waals surface area contributed by atoms with Gasteiger partial charge < -0.3 is 19.5 Å². The molecule has 9 nitrogen and oxygen atoms in total. The number of aromatic nitrogens is 3. The first-order chi connectivity index (χ1) is 12.5. The van der Waals surface area contributed by atoms with Crippen LogP contribution in [0.15, 0.2) is 18.2 Å². The minimum absolute atomic E-state index is 0.134. The van der Waals surface area contributed by atoms with Gasteiger partial charge in [0.15, 0.2) is 17.2 Å². The van der Waals surface area contributed by atoms with E-state index in [1.165, 1.54) is 9.58 Å². The monoisotopic (exact) mass is 360 g/mol. The first-order valence-corrected chi connectivity index (χ1v) is 8.34. The van der Waals surface area contributed by atoms with Gasteiger partial charge in [-0.1, -0.05) is 12.1 Å². The minimum Gasteiger partial charge on any atom is -0.486 e. The second kappa shape index (κ2) is 7.42. The number of rotatable bonds is 6. The van der Waals surface area contributed by atoms with Crippen molar-refractivity contribution in [3.05, 3.63) is 29.6 Å². The number of amides is 1. The summed E-state index contributed by atoms with van der Waals surface area (Å²) in [5.41, 5.74) is 1.34. The molecule has 0 saturated carbocycles. The number of aliphatic carboxylic acids is 1. The van der Waals surface area contributed by atoms with Gasteiger partial charge >= 0.3 is 5.97 Å². The maximum Gasteiger partial charge on any atom is 0.323 e. The van der Waals surface area contributed by atoms with Crippen LogP contribution in [0.2, 0.25) is 0 Å². The fourth-order valence-corrected chi connectivity index (χ4v) is 2.77. The molecular weight excluding hydrogens is 340 g/mol. The first-order valence-electron chi connectivity index (χ1n) is 8.34. The lowest BCUT2D eigenvalue weighted by Crippen LogP contribution is -2.36. The summed E-state index contributed by atoms with van der Waals surface area (Å²) in [6.45, 7) is 4.53. The molecule has 138 valence electrons. The molecule has 0 spiro atoms. The van der Waals surface area contributed by atoms with Crippen LogP contribution in [-0.4, -0.2) is 63.2 Å². The number of carboxylic acids is 1. The van der Waals surface area contributed by atoms with E-state index in [1.54, 1.807) is 25.1 Å². The van der Waals surface area contributed by atoms with Gasteiger partial charge in [-0.3, -0.25) is 9.59 Å². The summed E-state index contributed by atoms with van der Waals surface area (Å²) in [5, 5.41) is 17.0. The Hall–Kier alpha value is -3.10. The lowest BCUT2D eigenvalue weighted by atomic mass is 10.2. The number of carboxylic acid groups (broad SMARTS) is 1. The van der Waals surface area contributed by atoms with Crippen LogP contribution in [0.5, 0.6) is 11.5 Å². The molecule has 0 aliphatic carbocycles. The molecule has 0 fully saturated rings. The lowest BCUT2D eigenvalue weighted by Gasteiger charge is -2.19. The predicted molar refractivity (Wildman–Crippen MR) is 90.9 cm³/mol. The van der Waals surface area contributed by atoms with Crippen LogP contribution >= 0.6 is 0 Å². The lowest BCUT2D eigenvalue weighted by molar-refractivity contribution is -0.137. The zero-order valence-electron chi connectivity index (χ0n) is 14.6. The summed E-state index contributed by atoms with van der Waals surface area (Å²) >= 11 is 0. The van der Waals surface area contributed by atoms with Gasteiger partial charge in [-0.15, -0.1) is 5.10 Å². The van der Waals surface area contributed by atoms with Crippen molar-refractivity contribution in [3.63, 3.8) is 0 Å². The zero-order chi connectivity index (χ0) is 18.7. The van der Waals surface area contributed by atoms with Crippen molar-refractivity contribution in [1.29, 1.82) is 0 Å². The van der Waals surface area contributed by atoms with Crippen LogP contribution in [0.4, 0.5) is 0 Å². The minimum atomic E-state index is -1.07. The number of carbonyl (C=O) groups is 2. The molecule has 1 aromatic carbocycles. The smallest absolute Gasteiger partial charge is 0.323 e. The highest BCUT2D eigenvalue weighted by Gasteiger charge is 2.24. The van der Waals surface area contributed by atoms with Crippen LogP contribution in [0.3, 0.4) is 0 Å². The third-order valence-corrected chi connectivity index (χ3v) is 3.97. The molecule has 0 unspecified atom stereocenters. The molecule has 9 heteroatoms. The van der Waals surface area contributed by atoms with Gasteiger partial charge in [0.1, 0.15) is 19.8 Å². The Balaban J connectivity index is 1.89. The Morgan fingerprint density at radius 2 is 2.00 bits per heavy atom. The van der Waals surface area contributed by atoms with Crippen molar-refractivity contribution < 1.29 is 24.2 Å². The largest absolute Gasteiger partial charge is 0.486 e. The van der Waals surface area contributed by atoms with Gasteiger partial charge in [-0.25, -0.2) is 4.68 Å². The summed E-state index contributed by atoms with van der Waals surface area (Å²) in [4.78, 5) is 24.9. The van der Waals surface area contributed by atoms with Crippen LogP contribution < -0.4 is 9.47 Å². The fourth-order valence-electron chi connectivity index (χ4n) is 2.77. The topological polar surface area (TPSA) is 107 Å². The Labute approximate surface area is 150 Å². The molecule has 0 bridgehead atoms. The molecule has 1 aliphatic heterocycles. The van der Waals surface area contributed by atoms with Gasteiger partial charge in [0.2, 0.25) is 0 Å². The van der Waals surface area contributed by atoms with E-state index in [1.807, 2.05) is 6.92 Å². The summed E-state index contributed by atoms with van der Waals surface area (Å²) < 4.78 is 12.6. The maximum atomic E-state index is 12.7. The number of carbonyl (C=O) groups excluding carboxylic acids is 1. The molecule has 26 heavy (non-hydrogen) atoms. The molecule has 1 amide bonds. The zero-order valence-corrected chi connectivity index (χ0v) is 14.6. The maximum absolute atomic E-state index is 12.7. The predicted octanol–water partition coefficient (Wildman–Crippen LogP) is 1.28. The second-order valence-electron chi connectivity index (χ2n) is 5.88. The molecule has 2 aromatic rings. The first kappa shape index (κ1) is 17.7. The summed E-state index contributed by atoms with van der Waals surface area (Å²) in [6, 6.07) is 5.34. The van der Waals surface area contributed by atoms with Crippen molar-refractivity contribution in [1.82, 2.24) is 19.9 Å². The van der Waals surface area contributed by atoms with E-state index in [-0.39, 0.29) is 12.2 Å². The van der Waals surface area contributed by atoms with E-state index in [0.717, 1.165) is 0 Å². The molecule has 0 radical (unpaired) electrons. The standard InChI is InChI=1S/C17H20N4O5/c1-3-6-20(10-15(22)23)17(24)16-11(2)21(19-18-16)12-4-5-13-14(9-12)26-8-7-25-13/h4-5,9H,3,6-8,10H2,1-2H3,(H,22,23). The fraction of sp³-hybridized carbons (Fsp3) is 0.412. The highest BCUT2D eigenvalue weighted by Crippen LogP contribution is 2.32. The third kappa shape index (κ3) is 3.46. The Bertz CT molecular complexity index is 833. The van der Waals surface area contributed by atoms with Gasteiger partial charge in [0.25, 0.3) is 5.91 Å². The highest BCUT2D eigenvalue weighted by atomic mass is 16.6. The molecule has 1 aromatic heterocycles. The normalized spacial score (nSPS) is 12.7. The molecule has 0 atom stereocenters. The molecule has 1 N–H and O–H groups in total. The van der Waals surface area contributed by atoms with Crippen LogP contribution in [0, 0.1) is 6.92 Å². The third-order valence-electron chi connectivity index (χ3n) is 3.97. The van der Waals surface area contributed by atoms with Crippen molar-refractivity contribution in [2.45, 2.75) is 20.3 Å². The van der Waals surface area contributed by atoms with Gasteiger partial charge in [-0.2, -0.15) is 0 Å². The average molecular weight is 360 g/mol. The number of nitrogens with zero attached hydrogens (tertiary/aromatic N) is 4. The Morgan fingerprint density at radius 3 is 2.69 bits per heavy atom. The number of benzene rings is 1. The Kier molecular flexibility index (Phi) is 5.06. The van der Waals surface area contributed by atoms with E-state index in [9.17, 15) is 9.59 Å². The number of hydrogen-bond donors (Lipinski definition) is 1. The molecule has 3 rings (SSSR count). The van der Waals surface area contributed by atoms with Crippen molar-refractivity contribution in [2.24, 2.45) is 0 Å². The quantitative estimate of drug-likeness (QED) is 0.827. The van der Waals surface area contributed by atoms with Gasteiger partial charge in [-0.05, 0) is 25.5 Å². The van der Waals surface area contributed by atoms with E-state index in [0.29, 0.717) is 49.1 Å². The van der Waals surface area contributed by atoms with Crippen LogP contribution in [-0.2, 0) is 4.79 Å². The van der Waals surface area contributed by atoms with E-state index in [4.69, 9.17) is 14.6 Å². The summed E-state index contributed by atoms with van der Waals surface area (Å²) in [5.74, 6) is -0.251. The molecule has 2 heterocycles. The number of ether oxygens (including phenoxy) is 2. The Morgan fingerprint density at radius 1 is 1.27 bits per heavy atom.